The largest absolute Gasteiger partial charge is 0.329 e. The van der Waals surface area contributed by atoms with Crippen molar-refractivity contribution in [1.82, 2.24) is 14.7 Å². The molecule has 0 spiro atoms. The third-order valence-corrected chi connectivity index (χ3v) is 5.20. The van der Waals surface area contributed by atoms with Crippen LogP contribution in [0.5, 0.6) is 0 Å². The van der Waals surface area contributed by atoms with Gasteiger partial charge in [-0.1, -0.05) is 6.92 Å². The second kappa shape index (κ2) is 5.87. The summed E-state index contributed by atoms with van der Waals surface area (Å²) in [6.07, 6.45) is 3.83. The molecule has 2 N–H and O–H groups in total. The van der Waals surface area contributed by atoms with Gasteiger partial charge in [-0.15, -0.1) is 0 Å². The fourth-order valence-electron chi connectivity index (χ4n) is 3.67. The Morgan fingerprint density at radius 3 is 2.39 bits per heavy atom. The number of rotatable bonds is 4. The first-order valence-electron chi connectivity index (χ1n) is 7.45. The fourth-order valence-corrected chi connectivity index (χ4v) is 3.67. The van der Waals surface area contributed by atoms with Gasteiger partial charge in [0.15, 0.2) is 0 Å². The van der Waals surface area contributed by atoms with Gasteiger partial charge in [-0.25, -0.2) is 0 Å². The summed E-state index contributed by atoms with van der Waals surface area (Å²) in [5, 5.41) is 0. The predicted molar refractivity (Wildman–Crippen MR) is 76.8 cm³/mol. The van der Waals surface area contributed by atoms with Crippen LogP contribution in [0, 0.1) is 0 Å². The number of hydrogen-bond acceptors (Lipinski definition) is 4. The predicted octanol–water partition coefficient (Wildman–Crippen LogP) is 0.436. The summed E-state index contributed by atoms with van der Waals surface area (Å²) < 4.78 is 0. The van der Waals surface area contributed by atoms with Gasteiger partial charge in [0.2, 0.25) is 0 Å². The topological polar surface area (TPSA) is 35.7 Å². The van der Waals surface area contributed by atoms with Gasteiger partial charge in [0.05, 0.1) is 0 Å². The zero-order valence-electron chi connectivity index (χ0n) is 12.4. The second-order valence-corrected chi connectivity index (χ2v) is 6.19. The molecule has 2 aliphatic heterocycles. The molecule has 0 aliphatic carbocycles. The highest BCUT2D eigenvalue weighted by Crippen LogP contribution is 2.30. The van der Waals surface area contributed by atoms with Crippen molar-refractivity contribution in [3.8, 4) is 0 Å². The number of likely N-dealkylation sites (N-methyl/N-ethyl adjacent to an activating group) is 2. The van der Waals surface area contributed by atoms with Gasteiger partial charge < -0.3 is 15.5 Å². The summed E-state index contributed by atoms with van der Waals surface area (Å²) in [7, 11) is 4.52. The van der Waals surface area contributed by atoms with E-state index in [4.69, 9.17) is 5.73 Å². The standard InChI is InChI=1S/C14H30N4/c1-4-18-8-5-13(6-9-18)17(3)14(11-15)7-10-16(2)12-14/h13H,4-12,15H2,1-3H3. The Hall–Kier alpha value is -0.160. The van der Waals surface area contributed by atoms with Crippen LogP contribution in [0.2, 0.25) is 0 Å². The molecule has 2 rings (SSSR count). The van der Waals surface area contributed by atoms with Crippen LogP contribution < -0.4 is 5.73 Å². The van der Waals surface area contributed by atoms with Crippen LogP contribution in [0.1, 0.15) is 26.2 Å². The summed E-state index contributed by atoms with van der Waals surface area (Å²) >= 11 is 0. The molecular formula is C14H30N4. The third-order valence-electron chi connectivity index (χ3n) is 5.20. The van der Waals surface area contributed by atoms with Gasteiger partial charge in [-0.2, -0.15) is 0 Å². The van der Waals surface area contributed by atoms with E-state index in [0.29, 0.717) is 0 Å². The maximum Gasteiger partial charge on any atom is 0.0470 e. The highest BCUT2D eigenvalue weighted by Gasteiger charge is 2.42. The lowest BCUT2D eigenvalue weighted by Crippen LogP contribution is -2.59. The Morgan fingerprint density at radius 1 is 1.28 bits per heavy atom. The Labute approximate surface area is 112 Å². The van der Waals surface area contributed by atoms with Crippen LogP contribution in [0.3, 0.4) is 0 Å². The summed E-state index contributed by atoms with van der Waals surface area (Å²) in [5.74, 6) is 0. The molecule has 4 heteroatoms. The molecule has 0 saturated carbocycles. The normalized spacial score (nSPS) is 32.5. The SMILES string of the molecule is CCN1CCC(N(C)C2(CN)CCN(C)C2)CC1. The first-order valence-corrected chi connectivity index (χ1v) is 7.45. The number of piperidine rings is 1. The highest BCUT2D eigenvalue weighted by molar-refractivity contribution is 5.00. The van der Waals surface area contributed by atoms with Crippen molar-refractivity contribution in [3.63, 3.8) is 0 Å². The van der Waals surface area contributed by atoms with E-state index in [1.165, 1.54) is 45.4 Å². The van der Waals surface area contributed by atoms with Crippen LogP contribution in [0.15, 0.2) is 0 Å². The minimum Gasteiger partial charge on any atom is -0.329 e. The molecule has 2 aliphatic rings. The van der Waals surface area contributed by atoms with Crippen molar-refractivity contribution < 1.29 is 0 Å². The van der Waals surface area contributed by atoms with E-state index in [9.17, 15) is 0 Å². The third kappa shape index (κ3) is 2.72. The fraction of sp³-hybridized carbons (Fsp3) is 1.00. The lowest BCUT2D eigenvalue weighted by atomic mass is 9.91. The molecule has 2 saturated heterocycles. The molecule has 18 heavy (non-hydrogen) atoms. The molecule has 0 aromatic carbocycles. The van der Waals surface area contributed by atoms with Gasteiger partial charge in [-0.3, -0.25) is 4.90 Å². The summed E-state index contributed by atoms with van der Waals surface area (Å²) in [6.45, 7) is 9.08. The molecule has 1 unspecified atom stereocenters. The quantitative estimate of drug-likeness (QED) is 0.789. The molecule has 1 atom stereocenters. The van der Waals surface area contributed by atoms with Crippen molar-refractivity contribution in [2.24, 2.45) is 5.73 Å². The Kier molecular flexibility index (Phi) is 4.64. The summed E-state index contributed by atoms with van der Waals surface area (Å²) in [6, 6.07) is 0.725. The molecule has 0 radical (unpaired) electrons. The van der Waals surface area contributed by atoms with E-state index in [1.54, 1.807) is 0 Å². The molecule has 2 heterocycles. The van der Waals surface area contributed by atoms with Crippen molar-refractivity contribution in [2.75, 3.05) is 53.4 Å². The van der Waals surface area contributed by atoms with Crippen molar-refractivity contribution in [2.45, 2.75) is 37.8 Å². The number of nitrogens with zero attached hydrogens (tertiary/aromatic N) is 3. The van der Waals surface area contributed by atoms with E-state index in [2.05, 4.69) is 35.7 Å². The molecule has 106 valence electrons. The number of nitrogens with two attached hydrogens (primary N) is 1. The molecule has 2 fully saturated rings. The molecule has 0 bridgehead atoms. The van der Waals surface area contributed by atoms with Crippen LogP contribution in [0.25, 0.3) is 0 Å². The summed E-state index contributed by atoms with van der Waals surface area (Å²) in [4.78, 5) is 7.59. The van der Waals surface area contributed by atoms with Gasteiger partial charge in [0.1, 0.15) is 0 Å². The lowest BCUT2D eigenvalue weighted by molar-refractivity contribution is 0.0455. The first-order chi connectivity index (χ1) is 8.61. The minimum absolute atomic E-state index is 0.230. The molecule has 0 amide bonds. The van der Waals surface area contributed by atoms with E-state index in [-0.39, 0.29) is 5.54 Å². The Morgan fingerprint density at radius 2 is 1.94 bits per heavy atom. The van der Waals surface area contributed by atoms with Gasteiger partial charge in [0.25, 0.3) is 0 Å². The second-order valence-electron chi connectivity index (χ2n) is 6.19. The molecular weight excluding hydrogens is 224 g/mol. The van der Waals surface area contributed by atoms with E-state index in [1.807, 2.05) is 0 Å². The van der Waals surface area contributed by atoms with Gasteiger partial charge in [0, 0.05) is 24.7 Å². The lowest BCUT2D eigenvalue weighted by Gasteiger charge is -2.45. The van der Waals surface area contributed by atoms with Crippen LogP contribution >= 0.6 is 0 Å². The average molecular weight is 254 g/mol. The maximum atomic E-state index is 6.11. The Bertz CT molecular complexity index is 263. The number of hydrogen-bond donors (Lipinski definition) is 1. The minimum atomic E-state index is 0.230. The van der Waals surface area contributed by atoms with Crippen molar-refractivity contribution in [3.05, 3.63) is 0 Å². The van der Waals surface area contributed by atoms with Crippen molar-refractivity contribution in [1.29, 1.82) is 0 Å². The average Bonchev–Trinajstić information content (AvgIpc) is 2.81. The smallest absolute Gasteiger partial charge is 0.0470 e. The Balaban J connectivity index is 1.96. The molecule has 4 nitrogen and oxygen atoms in total. The van der Waals surface area contributed by atoms with E-state index in [0.717, 1.165) is 19.1 Å². The maximum absolute atomic E-state index is 6.11. The number of likely N-dealkylation sites (tertiary alicyclic amines) is 2. The zero-order chi connectivity index (χ0) is 13.2. The van der Waals surface area contributed by atoms with Crippen LogP contribution in [-0.2, 0) is 0 Å². The van der Waals surface area contributed by atoms with Gasteiger partial charge in [-0.05, 0) is 59.5 Å². The molecule has 0 aromatic rings. The van der Waals surface area contributed by atoms with Crippen molar-refractivity contribution >= 4 is 0 Å². The molecule has 0 aromatic heterocycles. The zero-order valence-corrected chi connectivity index (χ0v) is 12.4. The first kappa shape index (κ1) is 14.3. The summed E-state index contributed by atoms with van der Waals surface area (Å²) in [5.41, 5.74) is 6.34. The highest BCUT2D eigenvalue weighted by atomic mass is 15.3. The van der Waals surface area contributed by atoms with Crippen LogP contribution in [-0.4, -0.2) is 79.6 Å². The van der Waals surface area contributed by atoms with Crippen LogP contribution in [0.4, 0.5) is 0 Å². The van der Waals surface area contributed by atoms with E-state index >= 15 is 0 Å². The van der Waals surface area contributed by atoms with Gasteiger partial charge >= 0.3 is 0 Å². The monoisotopic (exact) mass is 254 g/mol. The van der Waals surface area contributed by atoms with E-state index < -0.39 is 0 Å².